The van der Waals surface area contributed by atoms with Crippen LogP contribution in [0.2, 0.25) is 0 Å². The van der Waals surface area contributed by atoms with Crippen LogP contribution in [0.3, 0.4) is 0 Å². The van der Waals surface area contributed by atoms with E-state index < -0.39 is 5.97 Å². The zero-order valence-corrected chi connectivity index (χ0v) is 21.8. The van der Waals surface area contributed by atoms with E-state index in [1.165, 1.54) is 0 Å². The molecule has 2 aromatic rings. The molecule has 0 saturated heterocycles. The summed E-state index contributed by atoms with van der Waals surface area (Å²) in [6, 6.07) is 19.2. The molecule has 2 aromatic carbocycles. The van der Waals surface area contributed by atoms with Crippen LogP contribution in [-0.4, -0.2) is 30.0 Å². The van der Waals surface area contributed by atoms with Crippen molar-refractivity contribution in [3.63, 3.8) is 0 Å². The normalized spacial score (nSPS) is 14.6. The highest BCUT2D eigenvalue weighted by atomic mass is 16.5. The summed E-state index contributed by atoms with van der Waals surface area (Å²) in [5.41, 5.74) is 4.06. The number of carbonyl (C=O) groups excluding carboxylic acids is 4. The van der Waals surface area contributed by atoms with Gasteiger partial charge in [-0.1, -0.05) is 73.5 Å². The highest BCUT2D eigenvalue weighted by Gasteiger charge is 2.33. The Morgan fingerprint density at radius 1 is 0.784 bits per heavy atom. The Labute approximate surface area is 218 Å². The van der Waals surface area contributed by atoms with Crippen LogP contribution in [0.15, 0.2) is 83.0 Å². The summed E-state index contributed by atoms with van der Waals surface area (Å²) < 4.78 is 5.17. The van der Waals surface area contributed by atoms with Crippen molar-refractivity contribution < 1.29 is 23.9 Å². The van der Waals surface area contributed by atoms with Gasteiger partial charge in [0.25, 0.3) is 0 Å². The largest absolute Gasteiger partial charge is 0.460 e. The molecule has 194 valence electrons. The summed E-state index contributed by atoms with van der Waals surface area (Å²) in [4.78, 5) is 50.0. The molecular weight excluding hydrogens is 466 g/mol. The third kappa shape index (κ3) is 7.59. The molecule has 1 atom stereocenters. The number of rotatable bonds is 12. The first kappa shape index (κ1) is 27.8. The van der Waals surface area contributed by atoms with Gasteiger partial charge >= 0.3 is 5.97 Å². The number of esters is 1. The van der Waals surface area contributed by atoms with Crippen LogP contribution < -0.4 is 5.32 Å². The predicted octanol–water partition coefficient (Wildman–Crippen LogP) is 5.39. The van der Waals surface area contributed by atoms with E-state index in [1.807, 2.05) is 60.7 Å². The van der Waals surface area contributed by atoms with Crippen LogP contribution in [0, 0.1) is 0 Å². The minimum absolute atomic E-state index is 0.0537. The highest BCUT2D eigenvalue weighted by molar-refractivity contribution is 6.25. The minimum Gasteiger partial charge on any atom is -0.460 e. The Bertz CT molecular complexity index is 1190. The van der Waals surface area contributed by atoms with Crippen molar-refractivity contribution in [3.8, 4) is 0 Å². The average molecular weight is 502 g/mol. The zero-order valence-electron chi connectivity index (χ0n) is 21.8. The van der Waals surface area contributed by atoms with Gasteiger partial charge in [-0.05, 0) is 44.7 Å². The van der Waals surface area contributed by atoms with E-state index in [0.29, 0.717) is 41.6 Å². The number of ether oxygens (including phenoxy) is 1. The number of hydrogen-bond acceptors (Lipinski definition) is 5. The molecule has 1 N–H and O–H groups in total. The minimum atomic E-state index is -0.474. The van der Waals surface area contributed by atoms with Gasteiger partial charge in [-0.3, -0.25) is 19.2 Å². The number of carbonyl (C=O) groups is 4. The molecule has 0 fully saturated rings. The van der Waals surface area contributed by atoms with E-state index in [0.717, 1.165) is 24.0 Å². The Morgan fingerprint density at radius 2 is 1.41 bits per heavy atom. The third-order valence-corrected chi connectivity index (χ3v) is 6.85. The molecule has 1 unspecified atom stereocenters. The summed E-state index contributed by atoms with van der Waals surface area (Å²) in [6.45, 7) is 5.20. The van der Waals surface area contributed by atoms with Gasteiger partial charge in [0.2, 0.25) is 5.91 Å². The molecule has 6 heteroatoms. The summed E-state index contributed by atoms with van der Waals surface area (Å²) in [7, 11) is 0. The van der Waals surface area contributed by atoms with Crippen molar-refractivity contribution in [2.24, 2.45) is 0 Å². The van der Waals surface area contributed by atoms with E-state index in [2.05, 4.69) is 5.32 Å². The lowest BCUT2D eigenvalue weighted by molar-refractivity contribution is -0.145. The van der Waals surface area contributed by atoms with Gasteiger partial charge in [-0.25, -0.2) is 0 Å². The first-order valence-corrected chi connectivity index (χ1v) is 12.8. The molecule has 0 aliphatic heterocycles. The van der Waals surface area contributed by atoms with Crippen molar-refractivity contribution in [2.75, 3.05) is 6.54 Å². The Hall–Kier alpha value is -3.80. The number of unbranched alkanes of at least 4 members (excludes halogenated alkanes) is 2. The molecule has 0 aromatic heterocycles. The number of allylic oxidation sites excluding steroid dienone is 4. The highest BCUT2D eigenvalue weighted by Crippen LogP contribution is 2.37. The maximum Gasteiger partial charge on any atom is 0.325 e. The average Bonchev–Trinajstić information content (AvgIpc) is 2.92. The molecule has 1 amide bonds. The topological polar surface area (TPSA) is 89.5 Å². The van der Waals surface area contributed by atoms with E-state index in [4.69, 9.17) is 4.74 Å². The SMILES string of the molecule is CC1=C(C)C(=O)C(C(CCCCCC(=O)NCC(=O)OCc2ccccc2)c2ccccc2)=C(C)C1=O. The van der Waals surface area contributed by atoms with Gasteiger partial charge in [-0.15, -0.1) is 0 Å². The van der Waals surface area contributed by atoms with Crippen LogP contribution in [-0.2, 0) is 30.5 Å². The van der Waals surface area contributed by atoms with Crippen LogP contribution in [0.4, 0.5) is 0 Å². The van der Waals surface area contributed by atoms with E-state index in [9.17, 15) is 19.2 Å². The number of benzene rings is 2. The van der Waals surface area contributed by atoms with Crippen molar-refractivity contribution >= 4 is 23.4 Å². The van der Waals surface area contributed by atoms with Crippen LogP contribution in [0.1, 0.15) is 69.9 Å². The van der Waals surface area contributed by atoms with Crippen LogP contribution in [0.5, 0.6) is 0 Å². The Morgan fingerprint density at radius 3 is 2.08 bits per heavy atom. The number of hydrogen-bond donors (Lipinski definition) is 1. The molecule has 3 rings (SSSR count). The Kier molecular flexibility index (Phi) is 10.1. The first-order valence-electron chi connectivity index (χ1n) is 12.8. The van der Waals surface area contributed by atoms with Crippen molar-refractivity contribution in [2.45, 2.75) is 65.4 Å². The number of nitrogens with one attached hydrogen (secondary N) is 1. The lowest BCUT2D eigenvalue weighted by Crippen LogP contribution is -2.30. The third-order valence-electron chi connectivity index (χ3n) is 6.85. The fourth-order valence-electron chi connectivity index (χ4n) is 4.56. The van der Waals surface area contributed by atoms with E-state index in [1.54, 1.807) is 20.8 Å². The van der Waals surface area contributed by atoms with Gasteiger partial charge in [0, 0.05) is 34.6 Å². The Balaban J connectivity index is 1.47. The monoisotopic (exact) mass is 501 g/mol. The number of Topliss-reactive ketones (excluding diaryl/α,β-unsaturated/α-hetero) is 2. The molecule has 0 bridgehead atoms. The second-order valence-electron chi connectivity index (χ2n) is 9.43. The second-order valence-corrected chi connectivity index (χ2v) is 9.43. The molecule has 0 saturated carbocycles. The lowest BCUT2D eigenvalue weighted by Gasteiger charge is -2.26. The summed E-state index contributed by atoms with van der Waals surface area (Å²) >= 11 is 0. The molecular formula is C31H35NO5. The van der Waals surface area contributed by atoms with E-state index in [-0.39, 0.29) is 36.5 Å². The molecule has 0 spiro atoms. The molecule has 1 aliphatic rings. The zero-order chi connectivity index (χ0) is 26.8. The molecule has 1 aliphatic carbocycles. The summed E-state index contributed by atoms with van der Waals surface area (Å²) in [5, 5.41) is 2.61. The first-order chi connectivity index (χ1) is 17.8. The number of amides is 1. The predicted molar refractivity (Wildman–Crippen MR) is 143 cm³/mol. The maximum atomic E-state index is 13.2. The molecule has 0 heterocycles. The molecule has 37 heavy (non-hydrogen) atoms. The van der Waals surface area contributed by atoms with Crippen molar-refractivity contribution in [1.29, 1.82) is 0 Å². The van der Waals surface area contributed by atoms with Crippen molar-refractivity contribution in [1.82, 2.24) is 5.32 Å². The van der Waals surface area contributed by atoms with Crippen molar-refractivity contribution in [3.05, 3.63) is 94.1 Å². The van der Waals surface area contributed by atoms with Gasteiger partial charge < -0.3 is 10.1 Å². The molecule has 0 radical (unpaired) electrons. The van der Waals surface area contributed by atoms with Gasteiger partial charge in [0.15, 0.2) is 11.6 Å². The standard InChI is InChI=1S/C31H35NO5/c1-21-22(2)31(36)29(23(3)30(21)35)26(25-15-9-5-10-16-25)17-11-6-12-18-27(33)32-19-28(34)37-20-24-13-7-4-8-14-24/h4-5,7-10,13-16,26H,6,11-12,17-20H2,1-3H3,(H,32,33). The maximum absolute atomic E-state index is 13.2. The lowest BCUT2D eigenvalue weighted by atomic mass is 9.76. The molecule has 6 nitrogen and oxygen atoms in total. The number of ketones is 2. The summed E-state index contributed by atoms with van der Waals surface area (Å²) in [6.07, 6.45) is 3.26. The van der Waals surface area contributed by atoms with Crippen LogP contribution in [0.25, 0.3) is 0 Å². The van der Waals surface area contributed by atoms with Gasteiger partial charge in [0.05, 0.1) is 0 Å². The van der Waals surface area contributed by atoms with Gasteiger partial charge in [-0.2, -0.15) is 0 Å². The fourth-order valence-corrected chi connectivity index (χ4v) is 4.56. The van der Waals surface area contributed by atoms with Gasteiger partial charge in [0.1, 0.15) is 13.2 Å². The van der Waals surface area contributed by atoms with E-state index >= 15 is 0 Å². The fraction of sp³-hybridized carbons (Fsp3) is 0.355. The summed E-state index contributed by atoms with van der Waals surface area (Å²) in [5.74, 6) is -0.958. The second kappa shape index (κ2) is 13.5. The smallest absolute Gasteiger partial charge is 0.325 e. The van der Waals surface area contributed by atoms with Crippen LogP contribution >= 0.6 is 0 Å². The quantitative estimate of drug-likeness (QED) is 0.239.